The Kier molecular flexibility index (Phi) is 10.5. The lowest BCUT2D eigenvalue weighted by Gasteiger charge is -2.27. The van der Waals surface area contributed by atoms with Gasteiger partial charge in [-0.1, -0.05) is 82.2 Å². The number of unbranched alkanes of at least 4 members (excludes halogenated alkanes) is 5. The molecule has 176 valence electrons. The molecule has 3 heteroatoms. The number of benzene rings is 2. The minimum Gasteiger partial charge on any atom is -0.426 e. The Morgan fingerprint density at radius 3 is 2.33 bits per heavy atom. The molecule has 0 aliphatic heterocycles. The van der Waals surface area contributed by atoms with E-state index in [4.69, 9.17) is 10.00 Å². The van der Waals surface area contributed by atoms with Crippen molar-refractivity contribution in [1.82, 2.24) is 0 Å². The number of para-hydroxylation sites is 1. The molecule has 0 saturated heterocycles. The zero-order valence-electron chi connectivity index (χ0n) is 20.2. The fraction of sp³-hybridized carbons (Fsp3) is 0.533. The monoisotopic (exact) mass is 445 g/mol. The van der Waals surface area contributed by atoms with E-state index >= 15 is 0 Å². The maximum Gasteiger partial charge on any atom is 0.314 e. The lowest BCUT2D eigenvalue weighted by atomic mass is 9.79. The van der Waals surface area contributed by atoms with E-state index in [0.717, 1.165) is 50.0 Å². The van der Waals surface area contributed by atoms with Crippen LogP contribution in [-0.4, -0.2) is 5.97 Å². The van der Waals surface area contributed by atoms with E-state index in [0.29, 0.717) is 11.3 Å². The second kappa shape index (κ2) is 13.8. The number of nitriles is 1. The third-order valence-corrected chi connectivity index (χ3v) is 7.10. The molecule has 0 heterocycles. The van der Waals surface area contributed by atoms with Crippen molar-refractivity contribution < 1.29 is 9.53 Å². The van der Waals surface area contributed by atoms with Crippen molar-refractivity contribution in [2.75, 3.05) is 0 Å². The van der Waals surface area contributed by atoms with Gasteiger partial charge in [0.1, 0.15) is 5.75 Å². The fourth-order valence-corrected chi connectivity index (χ4v) is 4.93. The molecule has 33 heavy (non-hydrogen) atoms. The number of esters is 1. The van der Waals surface area contributed by atoms with E-state index in [-0.39, 0.29) is 11.9 Å². The van der Waals surface area contributed by atoms with Crippen LogP contribution in [0.3, 0.4) is 0 Å². The lowest BCUT2D eigenvalue weighted by Crippen LogP contribution is -2.26. The SMILES string of the molecule is CCCCCCCCC1CCC(C(=O)Oc2ccccc2CCc2ccc(C#N)cc2)CC1. The van der Waals surface area contributed by atoms with E-state index in [1.165, 1.54) is 50.5 Å². The third kappa shape index (κ3) is 8.35. The Bertz CT molecular complexity index is 888. The molecule has 1 saturated carbocycles. The molecule has 2 aromatic carbocycles. The van der Waals surface area contributed by atoms with Crippen LogP contribution in [-0.2, 0) is 17.6 Å². The van der Waals surface area contributed by atoms with Crippen molar-refractivity contribution in [2.24, 2.45) is 11.8 Å². The minimum atomic E-state index is -0.0566. The normalized spacial score (nSPS) is 17.9. The summed E-state index contributed by atoms with van der Waals surface area (Å²) in [4.78, 5) is 12.9. The van der Waals surface area contributed by atoms with Crippen molar-refractivity contribution in [3.63, 3.8) is 0 Å². The molecule has 3 nitrogen and oxygen atoms in total. The number of hydrogen-bond acceptors (Lipinski definition) is 3. The molecule has 0 atom stereocenters. The average Bonchev–Trinajstić information content (AvgIpc) is 2.86. The van der Waals surface area contributed by atoms with E-state index < -0.39 is 0 Å². The molecule has 1 aliphatic rings. The molecule has 2 aromatic rings. The highest BCUT2D eigenvalue weighted by Gasteiger charge is 2.27. The van der Waals surface area contributed by atoms with E-state index in [1.54, 1.807) is 0 Å². The maximum atomic E-state index is 12.9. The number of hydrogen-bond donors (Lipinski definition) is 0. The van der Waals surface area contributed by atoms with Crippen LogP contribution in [0, 0.1) is 23.2 Å². The summed E-state index contributed by atoms with van der Waals surface area (Å²) >= 11 is 0. The van der Waals surface area contributed by atoms with Crippen LogP contribution < -0.4 is 4.74 Å². The molecular formula is C30H39NO2. The molecule has 0 aromatic heterocycles. The third-order valence-electron chi connectivity index (χ3n) is 7.10. The molecule has 0 radical (unpaired) electrons. The van der Waals surface area contributed by atoms with Crippen molar-refractivity contribution in [3.8, 4) is 11.8 Å². The standard InChI is InChI=1S/C30H39NO2/c1-2-3-4-5-6-7-10-24-18-21-28(22-19-24)30(32)33-29-12-9-8-11-27(29)20-17-25-13-15-26(23-31)16-14-25/h8-9,11-16,24,28H,2-7,10,17-22H2,1H3. The number of nitrogens with zero attached hydrogens (tertiary/aromatic N) is 1. The fourth-order valence-electron chi connectivity index (χ4n) is 4.93. The summed E-state index contributed by atoms with van der Waals surface area (Å²) in [6, 6.07) is 17.7. The Morgan fingerprint density at radius 2 is 1.61 bits per heavy atom. The molecule has 0 N–H and O–H groups in total. The van der Waals surface area contributed by atoms with Crippen molar-refractivity contribution >= 4 is 5.97 Å². The van der Waals surface area contributed by atoms with Gasteiger partial charge in [-0.05, 0) is 73.8 Å². The average molecular weight is 446 g/mol. The van der Waals surface area contributed by atoms with Gasteiger partial charge in [-0.2, -0.15) is 5.26 Å². The molecule has 1 aliphatic carbocycles. The Hall–Kier alpha value is -2.60. The first-order valence-electron chi connectivity index (χ1n) is 13.0. The Morgan fingerprint density at radius 1 is 0.909 bits per heavy atom. The summed E-state index contributed by atoms with van der Waals surface area (Å²) in [5, 5.41) is 8.95. The first-order valence-corrected chi connectivity index (χ1v) is 13.0. The van der Waals surface area contributed by atoms with Crippen molar-refractivity contribution in [2.45, 2.75) is 90.4 Å². The van der Waals surface area contributed by atoms with Gasteiger partial charge in [0.2, 0.25) is 0 Å². The van der Waals surface area contributed by atoms with Gasteiger partial charge in [-0.15, -0.1) is 0 Å². The Balaban J connectivity index is 1.43. The predicted octanol–water partition coefficient (Wildman–Crippen LogP) is 7.81. The number of rotatable bonds is 12. The molecule has 3 rings (SSSR count). The molecule has 0 spiro atoms. The van der Waals surface area contributed by atoms with Crippen LogP contribution in [0.5, 0.6) is 5.75 Å². The first kappa shape index (κ1) is 25.0. The van der Waals surface area contributed by atoms with Crippen LogP contribution in [0.2, 0.25) is 0 Å². The number of carbonyl (C=O) groups is 1. The molecule has 0 unspecified atom stereocenters. The Labute approximate surface area is 200 Å². The van der Waals surface area contributed by atoms with E-state index in [2.05, 4.69) is 13.0 Å². The van der Waals surface area contributed by atoms with Crippen LogP contribution in [0.15, 0.2) is 48.5 Å². The summed E-state index contributed by atoms with van der Waals surface area (Å²) in [6.07, 6.45) is 15.4. The lowest BCUT2D eigenvalue weighted by molar-refractivity contribution is -0.140. The number of aryl methyl sites for hydroxylation is 2. The van der Waals surface area contributed by atoms with Gasteiger partial charge in [0.25, 0.3) is 0 Å². The molecule has 0 amide bonds. The second-order valence-corrected chi connectivity index (χ2v) is 9.61. The van der Waals surface area contributed by atoms with Crippen molar-refractivity contribution in [3.05, 3.63) is 65.2 Å². The first-order chi connectivity index (χ1) is 16.2. The zero-order chi connectivity index (χ0) is 23.3. The van der Waals surface area contributed by atoms with E-state index in [1.807, 2.05) is 48.5 Å². The predicted molar refractivity (Wildman–Crippen MR) is 134 cm³/mol. The van der Waals surface area contributed by atoms with Crippen LogP contribution >= 0.6 is 0 Å². The highest BCUT2D eigenvalue weighted by atomic mass is 16.5. The largest absolute Gasteiger partial charge is 0.426 e. The summed E-state index contributed by atoms with van der Waals surface area (Å²) < 4.78 is 5.90. The van der Waals surface area contributed by atoms with Gasteiger partial charge >= 0.3 is 5.97 Å². The van der Waals surface area contributed by atoms with Crippen LogP contribution in [0.1, 0.15) is 94.2 Å². The quantitative estimate of drug-likeness (QED) is 0.190. The van der Waals surface area contributed by atoms with Crippen molar-refractivity contribution in [1.29, 1.82) is 5.26 Å². The summed E-state index contributed by atoms with van der Waals surface area (Å²) in [5.74, 6) is 1.47. The molecule has 1 fully saturated rings. The number of carbonyl (C=O) groups excluding carboxylic acids is 1. The molecule has 0 bridgehead atoms. The smallest absolute Gasteiger partial charge is 0.314 e. The zero-order valence-corrected chi connectivity index (χ0v) is 20.2. The van der Waals surface area contributed by atoms with Gasteiger partial charge in [-0.25, -0.2) is 0 Å². The minimum absolute atomic E-state index is 0.0392. The van der Waals surface area contributed by atoms with E-state index in [9.17, 15) is 4.79 Å². The van der Waals surface area contributed by atoms with Gasteiger partial charge in [0.15, 0.2) is 0 Å². The number of ether oxygens (including phenoxy) is 1. The summed E-state index contributed by atoms with van der Waals surface area (Å²) in [5.41, 5.74) is 2.92. The summed E-state index contributed by atoms with van der Waals surface area (Å²) in [7, 11) is 0. The van der Waals surface area contributed by atoms with Crippen LogP contribution in [0.25, 0.3) is 0 Å². The van der Waals surface area contributed by atoms with Gasteiger partial charge < -0.3 is 4.74 Å². The van der Waals surface area contributed by atoms with Crippen LogP contribution in [0.4, 0.5) is 0 Å². The van der Waals surface area contributed by atoms with Gasteiger partial charge in [0, 0.05) is 0 Å². The van der Waals surface area contributed by atoms with Gasteiger partial charge in [-0.3, -0.25) is 4.79 Å². The van der Waals surface area contributed by atoms with Gasteiger partial charge in [0.05, 0.1) is 17.6 Å². The molecular weight excluding hydrogens is 406 g/mol. The highest BCUT2D eigenvalue weighted by Crippen LogP contribution is 2.33. The maximum absolute atomic E-state index is 12.9. The highest BCUT2D eigenvalue weighted by molar-refractivity contribution is 5.75. The second-order valence-electron chi connectivity index (χ2n) is 9.61. The summed E-state index contributed by atoms with van der Waals surface area (Å²) in [6.45, 7) is 2.26. The topological polar surface area (TPSA) is 50.1 Å².